The Labute approximate surface area is 151 Å². The molecule has 1 N–H and O–H groups in total. The summed E-state index contributed by atoms with van der Waals surface area (Å²) in [6.45, 7) is 1.10. The van der Waals surface area contributed by atoms with Gasteiger partial charge in [-0.3, -0.25) is 0 Å². The van der Waals surface area contributed by atoms with Gasteiger partial charge in [-0.25, -0.2) is 9.18 Å². The second kappa shape index (κ2) is 6.37. The smallest absolute Gasteiger partial charge is 0.322 e. The van der Waals surface area contributed by atoms with Gasteiger partial charge in [-0.1, -0.05) is 0 Å². The van der Waals surface area contributed by atoms with Gasteiger partial charge in [0.15, 0.2) is 0 Å². The molecule has 2 heterocycles. The number of methoxy groups -OCH3 is 1. The first-order valence-corrected chi connectivity index (χ1v) is 8.52. The fourth-order valence-corrected chi connectivity index (χ4v) is 3.60. The van der Waals surface area contributed by atoms with Crippen LogP contribution in [0.25, 0.3) is 10.9 Å². The van der Waals surface area contributed by atoms with E-state index in [1.54, 1.807) is 48.4 Å². The maximum absolute atomic E-state index is 13.7. The SMILES string of the molecule is COc1ccc(NC(=O)N2CCc3c(c4cc(F)ccc4n3C)C2)cc1. The summed E-state index contributed by atoms with van der Waals surface area (Å²) in [5.74, 6) is 0.481. The molecule has 1 aliphatic rings. The van der Waals surface area contributed by atoms with E-state index in [1.165, 1.54) is 11.8 Å². The number of nitrogens with one attached hydrogen (secondary N) is 1. The lowest BCUT2D eigenvalue weighted by atomic mass is 10.0. The first-order chi connectivity index (χ1) is 12.6. The first-order valence-electron chi connectivity index (χ1n) is 8.52. The lowest BCUT2D eigenvalue weighted by Gasteiger charge is -2.28. The van der Waals surface area contributed by atoms with E-state index in [-0.39, 0.29) is 11.8 Å². The summed E-state index contributed by atoms with van der Waals surface area (Å²) in [7, 11) is 3.60. The number of halogens is 1. The number of ether oxygens (including phenoxy) is 1. The lowest BCUT2D eigenvalue weighted by Crippen LogP contribution is -2.39. The van der Waals surface area contributed by atoms with E-state index in [1.807, 2.05) is 7.05 Å². The highest BCUT2D eigenvalue weighted by atomic mass is 19.1. The number of benzene rings is 2. The van der Waals surface area contributed by atoms with Gasteiger partial charge >= 0.3 is 6.03 Å². The van der Waals surface area contributed by atoms with Crippen molar-refractivity contribution in [1.82, 2.24) is 9.47 Å². The molecule has 0 aliphatic carbocycles. The molecular weight excluding hydrogens is 333 g/mol. The molecule has 0 radical (unpaired) electrons. The molecule has 1 aromatic heterocycles. The molecule has 0 saturated heterocycles. The normalized spacial score (nSPS) is 13.6. The molecule has 0 atom stereocenters. The predicted molar refractivity (Wildman–Crippen MR) is 99.0 cm³/mol. The number of urea groups is 1. The van der Waals surface area contributed by atoms with Crippen LogP contribution in [0.15, 0.2) is 42.5 Å². The van der Waals surface area contributed by atoms with Crippen molar-refractivity contribution in [3.63, 3.8) is 0 Å². The molecule has 0 unspecified atom stereocenters. The highest BCUT2D eigenvalue weighted by molar-refractivity contribution is 5.91. The summed E-state index contributed by atoms with van der Waals surface area (Å²) >= 11 is 0. The number of amides is 2. The van der Waals surface area contributed by atoms with Crippen LogP contribution in [0.2, 0.25) is 0 Å². The quantitative estimate of drug-likeness (QED) is 0.759. The third-order valence-electron chi connectivity index (χ3n) is 4.99. The minimum absolute atomic E-state index is 0.158. The van der Waals surface area contributed by atoms with Crippen molar-refractivity contribution < 1.29 is 13.9 Å². The number of aromatic nitrogens is 1. The molecule has 0 fully saturated rings. The molecular formula is C20H20FN3O2. The van der Waals surface area contributed by atoms with Gasteiger partial charge in [-0.2, -0.15) is 0 Å². The van der Waals surface area contributed by atoms with Crippen LogP contribution in [0.5, 0.6) is 5.75 Å². The molecule has 2 amide bonds. The van der Waals surface area contributed by atoms with Gasteiger partial charge in [0.05, 0.1) is 7.11 Å². The van der Waals surface area contributed by atoms with Crippen LogP contribution in [0.4, 0.5) is 14.9 Å². The Morgan fingerprint density at radius 2 is 1.96 bits per heavy atom. The van der Waals surface area contributed by atoms with Crippen LogP contribution in [0.3, 0.4) is 0 Å². The molecule has 4 rings (SSSR count). The van der Waals surface area contributed by atoms with Crippen LogP contribution < -0.4 is 10.1 Å². The molecule has 5 nitrogen and oxygen atoms in total. The number of hydrogen-bond donors (Lipinski definition) is 1. The fraction of sp³-hybridized carbons (Fsp3) is 0.250. The van der Waals surface area contributed by atoms with Gasteiger partial charge < -0.3 is 19.5 Å². The van der Waals surface area contributed by atoms with E-state index in [9.17, 15) is 9.18 Å². The molecule has 2 aromatic carbocycles. The number of aryl methyl sites for hydroxylation is 1. The minimum atomic E-state index is -0.259. The van der Waals surface area contributed by atoms with E-state index in [4.69, 9.17) is 4.74 Å². The number of hydrogen-bond acceptors (Lipinski definition) is 2. The average molecular weight is 353 g/mol. The maximum atomic E-state index is 13.7. The van der Waals surface area contributed by atoms with Gasteiger partial charge in [0.1, 0.15) is 11.6 Å². The highest BCUT2D eigenvalue weighted by Gasteiger charge is 2.26. The van der Waals surface area contributed by atoms with Gasteiger partial charge in [0, 0.05) is 54.4 Å². The van der Waals surface area contributed by atoms with Crippen molar-refractivity contribution in [2.45, 2.75) is 13.0 Å². The van der Waals surface area contributed by atoms with Crippen LogP contribution >= 0.6 is 0 Å². The summed E-state index contributed by atoms with van der Waals surface area (Å²) in [4.78, 5) is 14.4. The van der Waals surface area contributed by atoms with Crippen molar-refractivity contribution in [3.8, 4) is 5.75 Å². The maximum Gasteiger partial charge on any atom is 0.322 e. The van der Waals surface area contributed by atoms with Gasteiger partial charge in [-0.15, -0.1) is 0 Å². The summed E-state index contributed by atoms with van der Waals surface area (Å²) in [6, 6.07) is 11.9. The number of fused-ring (bicyclic) bond motifs is 3. The Morgan fingerprint density at radius 3 is 2.69 bits per heavy atom. The Morgan fingerprint density at radius 1 is 1.19 bits per heavy atom. The van der Waals surface area contributed by atoms with Crippen molar-refractivity contribution in [1.29, 1.82) is 0 Å². The molecule has 26 heavy (non-hydrogen) atoms. The number of nitrogens with zero attached hydrogens (tertiary/aromatic N) is 2. The minimum Gasteiger partial charge on any atom is -0.497 e. The third-order valence-corrected chi connectivity index (χ3v) is 4.99. The average Bonchev–Trinajstić information content (AvgIpc) is 2.93. The van der Waals surface area contributed by atoms with Crippen LogP contribution in [0, 0.1) is 5.82 Å². The summed E-state index contributed by atoms with van der Waals surface area (Å²) in [5.41, 5.74) is 3.90. The second-order valence-electron chi connectivity index (χ2n) is 6.48. The van der Waals surface area contributed by atoms with Crippen molar-refractivity contribution in [2.75, 3.05) is 19.0 Å². The summed E-state index contributed by atoms with van der Waals surface area (Å²) in [6.07, 6.45) is 0.748. The third kappa shape index (κ3) is 2.77. The Bertz CT molecular complexity index is 979. The van der Waals surface area contributed by atoms with E-state index in [0.717, 1.165) is 28.6 Å². The predicted octanol–water partition coefficient (Wildman–Crippen LogP) is 3.92. The molecule has 0 bridgehead atoms. The van der Waals surface area contributed by atoms with E-state index < -0.39 is 0 Å². The van der Waals surface area contributed by atoms with Crippen molar-refractivity contribution in [3.05, 3.63) is 59.5 Å². The monoisotopic (exact) mass is 353 g/mol. The molecule has 134 valence electrons. The Hall–Kier alpha value is -3.02. The van der Waals surface area contributed by atoms with Crippen LogP contribution in [-0.4, -0.2) is 29.2 Å². The van der Waals surface area contributed by atoms with Gasteiger partial charge in [0.25, 0.3) is 0 Å². The summed E-state index contributed by atoms with van der Waals surface area (Å²) in [5, 5.41) is 3.79. The zero-order valence-electron chi connectivity index (χ0n) is 14.8. The molecule has 0 saturated carbocycles. The standard InChI is InChI=1S/C20H20FN3O2/c1-23-18-8-3-13(21)11-16(18)17-12-24(10-9-19(17)23)20(25)22-14-4-6-15(26-2)7-5-14/h3-8,11H,9-10,12H2,1-2H3,(H,22,25). The topological polar surface area (TPSA) is 46.5 Å². The highest BCUT2D eigenvalue weighted by Crippen LogP contribution is 2.31. The van der Waals surface area contributed by atoms with Crippen LogP contribution in [0.1, 0.15) is 11.3 Å². The molecule has 0 spiro atoms. The summed E-state index contributed by atoms with van der Waals surface area (Å²) < 4.78 is 20.9. The molecule has 1 aliphatic heterocycles. The first kappa shape index (κ1) is 16.4. The second-order valence-corrected chi connectivity index (χ2v) is 6.48. The zero-order chi connectivity index (χ0) is 18.3. The Balaban J connectivity index is 1.57. The lowest BCUT2D eigenvalue weighted by molar-refractivity contribution is 0.206. The van der Waals surface area contributed by atoms with E-state index in [2.05, 4.69) is 9.88 Å². The number of rotatable bonds is 2. The number of carbonyl (C=O) groups is 1. The zero-order valence-corrected chi connectivity index (χ0v) is 14.8. The molecule has 6 heteroatoms. The van der Waals surface area contributed by atoms with Crippen LogP contribution in [-0.2, 0) is 20.0 Å². The van der Waals surface area contributed by atoms with Crippen molar-refractivity contribution >= 4 is 22.6 Å². The van der Waals surface area contributed by atoms with Crippen molar-refractivity contribution in [2.24, 2.45) is 7.05 Å². The van der Waals surface area contributed by atoms with Gasteiger partial charge in [-0.05, 0) is 42.5 Å². The van der Waals surface area contributed by atoms with Gasteiger partial charge in [0.2, 0.25) is 0 Å². The largest absolute Gasteiger partial charge is 0.497 e. The number of anilines is 1. The Kier molecular flexibility index (Phi) is 4.03. The van der Waals surface area contributed by atoms with E-state index >= 15 is 0 Å². The fourth-order valence-electron chi connectivity index (χ4n) is 3.60. The number of carbonyl (C=O) groups excluding carboxylic acids is 1. The van der Waals surface area contributed by atoms with E-state index in [0.29, 0.717) is 18.8 Å². The molecule has 3 aromatic rings.